The molecule has 2 heterocycles. The Labute approximate surface area is 177 Å². The van der Waals surface area contributed by atoms with Crippen molar-refractivity contribution >= 4 is 22.7 Å². The lowest BCUT2D eigenvalue weighted by Gasteiger charge is -2.35. The number of benzene rings is 2. The van der Waals surface area contributed by atoms with E-state index in [1.165, 1.54) is 22.6 Å². The molecule has 1 fully saturated rings. The Morgan fingerprint density at radius 2 is 1.77 bits per heavy atom. The van der Waals surface area contributed by atoms with Gasteiger partial charge in [-0.15, -0.1) is 0 Å². The monoisotopic (exact) mass is 433 g/mol. The van der Waals surface area contributed by atoms with E-state index in [4.69, 9.17) is 9.84 Å². The van der Waals surface area contributed by atoms with Gasteiger partial charge in [-0.25, -0.2) is 4.79 Å². The number of amides is 1. The predicted molar refractivity (Wildman–Crippen MR) is 111 cm³/mol. The molecule has 0 atom stereocenters. The first-order valence-corrected chi connectivity index (χ1v) is 9.83. The first kappa shape index (κ1) is 20.9. The van der Waals surface area contributed by atoms with Gasteiger partial charge in [0.1, 0.15) is 11.4 Å². The van der Waals surface area contributed by atoms with Crippen LogP contribution in [0.15, 0.2) is 48.5 Å². The highest BCUT2D eigenvalue weighted by Gasteiger charge is 2.36. The Morgan fingerprint density at radius 3 is 2.42 bits per heavy atom. The Kier molecular flexibility index (Phi) is 5.43. The SMILES string of the molecule is COc1cccc(Cn2c(C(F)(F)F)cc3c(N4CCN(C(=O)O)CC4)cccc32)c1. The molecule has 0 unspecified atom stereocenters. The molecule has 1 aliphatic rings. The van der Waals surface area contributed by atoms with Gasteiger partial charge in [-0.3, -0.25) is 0 Å². The number of alkyl halides is 3. The van der Waals surface area contributed by atoms with Crippen LogP contribution in [0.3, 0.4) is 0 Å². The average Bonchev–Trinajstić information content (AvgIpc) is 3.13. The summed E-state index contributed by atoms with van der Waals surface area (Å²) in [6.07, 6.45) is -5.50. The first-order valence-electron chi connectivity index (χ1n) is 9.83. The Hall–Kier alpha value is -3.36. The molecule has 164 valence electrons. The molecule has 3 aromatic rings. The van der Waals surface area contributed by atoms with E-state index in [2.05, 4.69) is 0 Å². The third-order valence-corrected chi connectivity index (χ3v) is 5.58. The van der Waals surface area contributed by atoms with E-state index in [1.54, 1.807) is 42.5 Å². The second kappa shape index (κ2) is 8.05. The van der Waals surface area contributed by atoms with E-state index in [9.17, 15) is 18.0 Å². The number of hydrogen-bond donors (Lipinski definition) is 1. The van der Waals surface area contributed by atoms with Gasteiger partial charge in [0.05, 0.1) is 12.6 Å². The van der Waals surface area contributed by atoms with Crippen LogP contribution in [0.2, 0.25) is 0 Å². The summed E-state index contributed by atoms with van der Waals surface area (Å²) in [4.78, 5) is 14.4. The van der Waals surface area contributed by atoms with Crippen molar-refractivity contribution in [2.75, 3.05) is 38.2 Å². The fourth-order valence-corrected chi connectivity index (χ4v) is 4.04. The third-order valence-electron chi connectivity index (χ3n) is 5.58. The molecule has 31 heavy (non-hydrogen) atoms. The van der Waals surface area contributed by atoms with Crippen molar-refractivity contribution in [2.24, 2.45) is 0 Å². The number of carbonyl (C=O) groups is 1. The number of methoxy groups -OCH3 is 1. The Balaban J connectivity index is 1.76. The van der Waals surface area contributed by atoms with Crippen molar-refractivity contribution in [3.8, 4) is 5.75 Å². The fraction of sp³-hybridized carbons (Fsp3) is 0.318. The highest BCUT2D eigenvalue weighted by Crippen LogP contribution is 2.38. The fourth-order valence-electron chi connectivity index (χ4n) is 4.04. The smallest absolute Gasteiger partial charge is 0.431 e. The third kappa shape index (κ3) is 4.12. The van der Waals surface area contributed by atoms with E-state index in [0.29, 0.717) is 54.1 Å². The van der Waals surface area contributed by atoms with Gasteiger partial charge in [-0.05, 0) is 35.9 Å². The molecule has 4 rings (SSSR count). The van der Waals surface area contributed by atoms with Crippen LogP contribution in [0.5, 0.6) is 5.75 Å². The molecule has 0 radical (unpaired) electrons. The van der Waals surface area contributed by atoms with Gasteiger partial charge >= 0.3 is 12.3 Å². The van der Waals surface area contributed by atoms with Crippen molar-refractivity contribution in [2.45, 2.75) is 12.7 Å². The number of piperazine rings is 1. The first-order chi connectivity index (χ1) is 14.8. The van der Waals surface area contributed by atoms with Gasteiger partial charge in [0.2, 0.25) is 0 Å². The van der Waals surface area contributed by atoms with Crippen LogP contribution in [-0.2, 0) is 12.7 Å². The van der Waals surface area contributed by atoms with Crippen LogP contribution >= 0.6 is 0 Å². The summed E-state index contributed by atoms with van der Waals surface area (Å²) in [6, 6.07) is 13.4. The van der Waals surface area contributed by atoms with Crippen LogP contribution in [0.4, 0.5) is 23.7 Å². The summed E-state index contributed by atoms with van der Waals surface area (Å²) in [5, 5.41) is 9.65. The van der Waals surface area contributed by atoms with Crippen LogP contribution in [0.25, 0.3) is 10.9 Å². The molecule has 1 saturated heterocycles. The van der Waals surface area contributed by atoms with Gasteiger partial charge in [-0.2, -0.15) is 13.2 Å². The van der Waals surface area contributed by atoms with Gasteiger partial charge in [0.25, 0.3) is 0 Å². The summed E-state index contributed by atoms with van der Waals surface area (Å²) in [5.74, 6) is 0.583. The van der Waals surface area contributed by atoms with Crippen LogP contribution in [-0.4, -0.2) is 54.0 Å². The van der Waals surface area contributed by atoms with Crippen LogP contribution in [0.1, 0.15) is 11.3 Å². The standard InChI is InChI=1S/C22H22F3N3O3/c1-31-16-5-2-4-15(12-16)14-28-19-7-3-6-18(17(19)13-20(28)22(23,24)25)26-8-10-27(11-9-26)21(29)30/h2-7,12-13H,8-11,14H2,1H3,(H,29,30). The number of ether oxygens (including phenoxy) is 1. The summed E-state index contributed by atoms with van der Waals surface area (Å²) < 4.78 is 48.2. The molecule has 0 saturated carbocycles. The minimum atomic E-state index is -4.52. The molecule has 1 N–H and O–H groups in total. The van der Waals surface area contributed by atoms with Crippen molar-refractivity contribution < 1.29 is 27.8 Å². The number of aromatic nitrogens is 1. The zero-order chi connectivity index (χ0) is 22.2. The zero-order valence-electron chi connectivity index (χ0n) is 16.9. The number of carboxylic acid groups (broad SMARTS) is 1. The maximum absolute atomic E-state index is 13.9. The van der Waals surface area contributed by atoms with E-state index in [1.807, 2.05) is 4.90 Å². The Morgan fingerprint density at radius 1 is 1.06 bits per heavy atom. The van der Waals surface area contributed by atoms with Gasteiger partial charge < -0.3 is 24.2 Å². The van der Waals surface area contributed by atoms with E-state index < -0.39 is 18.0 Å². The second-order valence-corrected chi connectivity index (χ2v) is 7.43. The molecule has 6 nitrogen and oxygen atoms in total. The lowest BCUT2D eigenvalue weighted by Crippen LogP contribution is -2.48. The molecular weight excluding hydrogens is 411 g/mol. The molecule has 1 amide bonds. The quantitative estimate of drug-likeness (QED) is 0.658. The van der Waals surface area contributed by atoms with Crippen molar-refractivity contribution in [3.05, 3.63) is 59.8 Å². The number of fused-ring (bicyclic) bond motifs is 1. The van der Waals surface area contributed by atoms with E-state index >= 15 is 0 Å². The highest BCUT2D eigenvalue weighted by atomic mass is 19.4. The molecule has 9 heteroatoms. The lowest BCUT2D eigenvalue weighted by molar-refractivity contribution is -0.143. The molecule has 1 aliphatic heterocycles. The molecular formula is C22H22F3N3O3. The summed E-state index contributed by atoms with van der Waals surface area (Å²) in [6.45, 7) is 1.51. The molecule has 2 aromatic carbocycles. The van der Waals surface area contributed by atoms with Crippen molar-refractivity contribution in [1.29, 1.82) is 0 Å². The normalized spacial score (nSPS) is 14.8. The predicted octanol–water partition coefficient (Wildman–Crippen LogP) is 4.52. The number of hydrogen-bond acceptors (Lipinski definition) is 3. The number of halogens is 3. The largest absolute Gasteiger partial charge is 0.497 e. The van der Waals surface area contributed by atoms with Gasteiger partial charge in [0.15, 0.2) is 0 Å². The lowest BCUT2D eigenvalue weighted by atomic mass is 10.1. The summed E-state index contributed by atoms with van der Waals surface area (Å²) in [7, 11) is 1.52. The number of nitrogens with zero attached hydrogens (tertiary/aromatic N) is 3. The van der Waals surface area contributed by atoms with Crippen molar-refractivity contribution in [1.82, 2.24) is 9.47 Å². The topological polar surface area (TPSA) is 57.9 Å². The minimum Gasteiger partial charge on any atom is -0.497 e. The van der Waals surface area contributed by atoms with Gasteiger partial charge in [0, 0.05) is 43.8 Å². The van der Waals surface area contributed by atoms with E-state index in [-0.39, 0.29) is 6.54 Å². The maximum atomic E-state index is 13.9. The van der Waals surface area contributed by atoms with Crippen LogP contribution < -0.4 is 9.64 Å². The molecule has 0 aliphatic carbocycles. The summed E-state index contributed by atoms with van der Waals surface area (Å²) >= 11 is 0. The van der Waals surface area contributed by atoms with Crippen LogP contribution in [0, 0.1) is 0 Å². The molecule has 1 aromatic heterocycles. The average molecular weight is 433 g/mol. The minimum absolute atomic E-state index is 0.0474. The van der Waals surface area contributed by atoms with E-state index in [0.717, 1.165) is 0 Å². The number of anilines is 1. The Bertz CT molecular complexity index is 1100. The maximum Gasteiger partial charge on any atom is 0.431 e. The summed E-state index contributed by atoms with van der Waals surface area (Å²) in [5.41, 5.74) is 1.13. The molecule has 0 spiro atoms. The number of rotatable bonds is 4. The van der Waals surface area contributed by atoms with Crippen molar-refractivity contribution in [3.63, 3.8) is 0 Å². The zero-order valence-corrected chi connectivity index (χ0v) is 16.9. The highest BCUT2D eigenvalue weighted by molar-refractivity contribution is 5.94. The second-order valence-electron chi connectivity index (χ2n) is 7.43. The molecule has 0 bridgehead atoms. The van der Waals surface area contributed by atoms with Gasteiger partial charge in [-0.1, -0.05) is 18.2 Å².